The van der Waals surface area contributed by atoms with Gasteiger partial charge in [0.15, 0.2) is 0 Å². The summed E-state index contributed by atoms with van der Waals surface area (Å²) >= 11 is 3.43. The average molecular weight is 321 g/mol. The number of aromatic nitrogens is 2. The molecule has 2 N–H and O–H groups in total. The van der Waals surface area contributed by atoms with Gasteiger partial charge in [-0.05, 0) is 31.2 Å². The first-order valence-corrected chi connectivity index (χ1v) is 7.01. The van der Waals surface area contributed by atoms with E-state index >= 15 is 0 Å². The number of nitrogens with zero attached hydrogens (tertiary/aromatic N) is 2. The zero-order chi connectivity index (χ0) is 13.8. The van der Waals surface area contributed by atoms with Gasteiger partial charge in [-0.2, -0.15) is 0 Å². The largest absolute Gasteiger partial charge is 0.373 e. The third-order valence-electron chi connectivity index (χ3n) is 2.85. The van der Waals surface area contributed by atoms with Crippen LogP contribution < -0.4 is 10.6 Å². The monoisotopic (exact) mass is 320 g/mol. The molecule has 0 unspecified atom stereocenters. The van der Waals surface area contributed by atoms with Gasteiger partial charge < -0.3 is 10.6 Å². The molecule has 0 radical (unpaired) electrons. The Morgan fingerprint density at radius 1 is 1.11 bits per heavy atom. The Hall–Kier alpha value is -1.62. The summed E-state index contributed by atoms with van der Waals surface area (Å²) < 4.78 is 1.06. The molecule has 0 fully saturated rings. The third-order valence-corrected chi connectivity index (χ3v) is 3.38. The average Bonchev–Trinajstić information content (AvgIpc) is 2.43. The summed E-state index contributed by atoms with van der Waals surface area (Å²) in [6, 6.07) is 8.02. The number of rotatable bonds is 4. The van der Waals surface area contributed by atoms with Gasteiger partial charge in [-0.15, -0.1) is 0 Å². The summed E-state index contributed by atoms with van der Waals surface area (Å²) in [5.74, 6) is 2.54. The molecule has 0 aliphatic carbocycles. The molecule has 0 spiro atoms. The first-order valence-electron chi connectivity index (χ1n) is 6.22. The van der Waals surface area contributed by atoms with Gasteiger partial charge in [-0.3, -0.25) is 0 Å². The molecular weight excluding hydrogens is 304 g/mol. The van der Waals surface area contributed by atoms with Gasteiger partial charge in [0, 0.05) is 29.2 Å². The second-order valence-electron chi connectivity index (χ2n) is 4.20. The fourth-order valence-electron chi connectivity index (χ4n) is 1.76. The van der Waals surface area contributed by atoms with Crippen LogP contribution in [-0.4, -0.2) is 17.0 Å². The van der Waals surface area contributed by atoms with E-state index in [9.17, 15) is 0 Å². The quantitative estimate of drug-likeness (QED) is 0.897. The van der Waals surface area contributed by atoms with E-state index in [0.29, 0.717) is 0 Å². The van der Waals surface area contributed by atoms with Crippen LogP contribution in [0.25, 0.3) is 0 Å². The van der Waals surface area contributed by atoms with Gasteiger partial charge in [-0.25, -0.2) is 9.97 Å². The van der Waals surface area contributed by atoms with Crippen LogP contribution >= 0.6 is 15.9 Å². The fourth-order valence-corrected chi connectivity index (χ4v) is 2.02. The van der Waals surface area contributed by atoms with E-state index in [2.05, 4.69) is 36.5 Å². The van der Waals surface area contributed by atoms with Crippen molar-refractivity contribution in [3.8, 4) is 0 Å². The predicted octanol–water partition coefficient (Wildman–Crippen LogP) is 3.90. The molecule has 0 aliphatic rings. The lowest BCUT2D eigenvalue weighted by molar-refractivity contribution is 0.935. The third kappa shape index (κ3) is 3.23. The Labute approximate surface area is 121 Å². The molecule has 0 saturated heterocycles. The SMILES string of the molecule is CCc1nc(NC)c(C)c(Nc2ccc(Br)cc2)n1. The van der Waals surface area contributed by atoms with E-state index in [1.165, 1.54) is 0 Å². The molecule has 19 heavy (non-hydrogen) atoms. The molecule has 2 rings (SSSR count). The summed E-state index contributed by atoms with van der Waals surface area (Å²) in [5, 5.41) is 6.44. The molecule has 0 amide bonds. The molecule has 0 bridgehead atoms. The molecule has 0 atom stereocenters. The summed E-state index contributed by atoms with van der Waals surface area (Å²) in [4.78, 5) is 9.00. The van der Waals surface area contributed by atoms with Crippen LogP contribution in [0.5, 0.6) is 0 Å². The van der Waals surface area contributed by atoms with Gasteiger partial charge >= 0.3 is 0 Å². The topological polar surface area (TPSA) is 49.8 Å². The van der Waals surface area contributed by atoms with Crippen molar-refractivity contribution >= 4 is 33.3 Å². The number of halogens is 1. The van der Waals surface area contributed by atoms with E-state index in [4.69, 9.17) is 0 Å². The highest BCUT2D eigenvalue weighted by Gasteiger charge is 2.09. The highest BCUT2D eigenvalue weighted by Crippen LogP contribution is 2.24. The lowest BCUT2D eigenvalue weighted by Gasteiger charge is -2.13. The van der Waals surface area contributed by atoms with E-state index < -0.39 is 0 Å². The van der Waals surface area contributed by atoms with Gasteiger partial charge in [-0.1, -0.05) is 22.9 Å². The Balaban J connectivity index is 2.35. The van der Waals surface area contributed by atoms with Gasteiger partial charge in [0.25, 0.3) is 0 Å². The lowest BCUT2D eigenvalue weighted by atomic mass is 10.2. The maximum Gasteiger partial charge on any atom is 0.139 e. The molecule has 0 aliphatic heterocycles. The van der Waals surface area contributed by atoms with Crippen LogP contribution in [-0.2, 0) is 6.42 Å². The van der Waals surface area contributed by atoms with Crippen LogP contribution in [0.4, 0.5) is 17.3 Å². The minimum Gasteiger partial charge on any atom is -0.373 e. The van der Waals surface area contributed by atoms with Crippen LogP contribution in [0.1, 0.15) is 18.3 Å². The Bertz CT molecular complexity index is 566. The van der Waals surface area contributed by atoms with E-state index in [0.717, 1.165) is 39.6 Å². The molecule has 1 heterocycles. The van der Waals surface area contributed by atoms with E-state index in [1.54, 1.807) is 0 Å². The highest BCUT2D eigenvalue weighted by atomic mass is 79.9. The van der Waals surface area contributed by atoms with Crippen molar-refractivity contribution in [2.45, 2.75) is 20.3 Å². The molecule has 4 nitrogen and oxygen atoms in total. The first kappa shape index (κ1) is 13.8. The minimum absolute atomic E-state index is 0.810. The lowest BCUT2D eigenvalue weighted by Crippen LogP contribution is -2.06. The molecule has 2 aromatic rings. The summed E-state index contributed by atoms with van der Waals surface area (Å²) in [6.07, 6.45) is 0.810. The minimum atomic E-state index is 0.810. The first-order chi connectivity index (χ1) is 9.13. The van der Waals surface area contributed by atoms with E-state index in [1.807, 2.05) is 45.2 Å². The van der Waals surface area contributed by atoms with Crippen LogP contribution in [0.3, 0.4) is 0 Å². The van der Waals surface area contributed by atoms with Crippen LogP contribution in [0.15, 0.2) is 28.7 Å². The van der Waals surface area contributed by atoms with Crippen molar-refractivity contribution in [1.29, 1.82) is 0 Å². The zero-order valence-corrected chi connectivity index (χ0v) is 12.9. The Morgan fingerprint density at radius 3 is 2.32 bits per heavy atom. The smallest absolute Gasteiger partial charge is 0.139 e. The molecule has 100 valence electrons. The molecule has 5 heteroatoms. The van der Waals surface area contributed by atoms with Crippen molar-refractivity contribution < 1.29 is 0 Å². The number of hydrogen-bond donors (Lipinski definition) is 2. The fraction of sp³-hybridized carbons (Fsp3) is 0.286. The summed E-state index contributed by atoms with van der Waals surface area (Å²) in [6.45, 7) is 4.06. The number of aryl methyl sites for hydroxylation is 1. The molecular formula is C14H17BrN4. The molecule has 1 aromatic heterocycles. The standard InChI is InChI=1S/C14H17BrN4/c1-4-12-18-13(16-3)9(2)14(19-12)17-11-7-5-10(15)6-8-11/h5-8H,4H2,1-3H3,(H2,16,17,18,19). The van der Waals surface area contributed by atoms with Gasteiger partial charge in [0.05, 0.1) is 0 Å². The van der Waals surface area contributed by atoms with Gasteiger partial charge in [0.1, 0.15) is 17.5 Å². The number of benzene rings is 1. The van der Waals surface area contributed by atoms with Crippen molar-refractivity contribution in [3.63, 3.8) is 0 Å². The van der Waals surface area contributed by atoms with Crippen molar-refractivity contribution in [2.75, 3.05) is 17.7 Å². The number of hydrogen-bond acceptors (Lipinski definition) is 4. The summed E-state index contributed by atoms with van der Waals surface area (Å²) in [7, 11) is 1.87. The van der Waals surface area contributed by atoms with Crippen molar-refractivity contribution in [1.82, 2.24) is 9.97 Å². The number of nitrogens with one attached hydrogen (secondary N) is 2. The Kier molecular flexibility index (Phi) is 4.37. The van der Waals surface area contributed by atoms with Crippen LogP contribution in [0.2, 0.25) is 0 Å². The van der Waals surface area contributed by atoms with Crippen LogP contribution in [0, 0.1) is 6.92 Å². The number of anilines is 3. The zero-order valence-electron chi connectivity index (χ0n) is 11.3. The highest BCUT2D eigenvalue weighted by molar-refractivity contribution is 9.10. The summed E-state index contributed by atoms with van der Waals surface area (Å²) in [5.41, 5.74) is 2.02. The Morgan fingerprint density at radius 2 is 1.74 bits per heavy atom. The van der Waals surface area contributed by atoms with Crippen molar-refractivity contribution in [3.05, 3.63) is 40.1 Å². The second kappa shape index (κ2) is 6.02. The molecule has 0 saturated carbocycles. The normalized spacial score (nSPS) is 10.3. The predicted molar refractivity (Wildman–Crippen MR) is 83.1 cm³/mol. The maximum atomic E-state index is 4.54. The van der Waals surface area contributed by atoms with Gasteiger partial charge in [0.2, 0.25) is 0 Å². The second-order valence-corrected chi connectivity index (χ2v) is 5.11. The van der Waals surface area contributed by atoms with Crippen molar-refractivity contribution in [2.24, 2.45) is 0 Å². The maximum absolute atomic E-state index is 4.54. The van der Waals surface area contributed by atoms with E-state index in [-0.39, 0.29) is 0 Å². The molecule has 1 aromatic carbocycles.